The molecule has 0 amide bonds. The summed E-state index contributed by atoms with van der Waals surface area (Å²) < 4.78 is 28.6. The molecule has 23 heavy (non-hydrogen) atoms. The maximum atomic E-state index is 13.8. The van der Waals surface area contributed by atoms with Crippen LogP contribution in [-0.2, 0) is 6.42 Å². The smallest absolute Gasteiger partial charge is 0.265 e. The maximum Gasteiger partial charge on any atom is 0.265 e. The van der Waals surface area contributed by atoms with Crippen molar-refractivity contribution in [3.8, 4) is 5.69 Å². The van der Waals surface area contributed by atoms with Crippen LogP contribution < -0.4 is 5.56 Å². The van der Waals surface area contributed by atoms with Gasteiger partial charge in [-0.05, 0) is 49.2 Å². The fourth-order valence-electron chi connectivity index (χ4n) is 2.72. The second kappa shape index (κ2) is 5.57. The highest BCUT2D eigenvalue weighted by Crippen LogP contribution is 2.19. The molecule has 0 bridgehead atoms. The quantitative estimate of drug-likeness (QED) is 0.720. The fraction of sp³-hybridized carbons (Fsp3) is 0.222. The van der Waals surface area contributed by atoms with Gasteiger partial charge in [0.1, 0.15) is 17.5 Å². The molecular formula is C18H16F2N2O. The van der Waals surface area contributed by atoms with Gasteiger partial charge in [0.15, 0.2) is 0 Å². The summed E-state index contributed by atoms with van der Waals surface area (Å²) in [5, 5.41) is 0.352. The summed E-state index contributed by atoms with van der Waals surface area (Å²) in [6.45, 7) is 5.22. The third-order valence-electron chi connectivity index (χ3n) is 3.93. The molecule has 0 aliphatic rings. The zero-order chi connectivity index (χ0) is 16.7. The average molecular weight is 314 g/mol. The van der Waals surface area contributed by atoms with Crippen LogP contribution >= 0.6 is 0 Å². The Morgan fingerprint density at radius 3 is 2.48 bits per heavy atom. The highest BCUT2D eigenvalue weighted by Gasteiger charge is 2.15. The van der Waals surface area contributed by atoms with E-state index in [9.17, 15) is 13.6 Å². The normalized spacial score (nSPS) is 11.2. The molecule has 0 saturated heterocycles. The van der Waals surface area contributed by atoms with Crippen molar-refractivity contribution in [3.63, 3.8) is 0 Å². The van der Waals surface area contributed by atoms with E-state index in [0.29, 0.717) is 40.0 Å². The first-order valence-electron chi connectivity index (χ1n) is 7.40. The van der Waals surface area contributed by atoms with Crippen LogP contribution in [0.4, 0.5) is 8.78 Å². The van der Waals surface area contributed by atoms with Crippen molar-refractivity contribution in [3.05, 3.63) is 69.3 Å². The Balaban J connectivity index is 2.42. The minimum Gasteiger partial charge on any atom is -0.268 e. The van der Waals surface area contributed by atoms with Gasteiger partial charge in [0.05, 0.1) is 16.6 Å². The van der Waals surface area contributed by atoms with Gasteiger partial charge in [0, 0.05) is 12.5 Å². The molecule has 3 nitrogen and oxygen atoms in total. The van der Waals surface area contributed by atoms with E-state index < -0.39 is 0 Å². The molecule has 0 spiro atoms. The Bertz CT molecular complexity index is 977. The molecule has 0 N–H and O–H groups in total. The lowest BCUT2D eigenvalue weighted by Gasteiger charge is -2.15. The molecule has 0 fully saturated rings. The van der Waals surface area contributed by atoms with Gasteiger partial charge in [0.2, 0.25) is 0 Å². The van der Waals surface area contributed by atoms with Gasteiger partial charge < -0.3 is 0 Å². The van der Waals surface area contributed by atoms with E-state index in [1.807, 2.05) is 6.92 Å². The largest absolute Gasteiger partial charge is 0.268 e. The first-order chi connectivity index (χ1) is 10.9. The Labute approximate surface area is 132 Å². The van der Waals surface area contributed by atoms with Crippen LogP contribution in [-0.4, -0.2) is 9.55 Å². The molecule has 118 valence electrons. The molecule has 0 radical (unpaired) electrons. The van der Waals surface area contributed by atoms with Crippen LogP contribution in [0, 0.1) is 25.5 Å². The monoisotopic (exact) mass is 314 g/mol. The molecule has 5 heteroatoms. The zero-order valence-electron chi connectivity index (χ0n) is 13.2. The van der Waals surface area contributed by atoms with Gasteiger partial charge in [-0.1, -0.05) is 6.92 Å². The van der Waals surface area contributed by atoms with E-state index in [1.165, 1.54) is 28.8 Å². The molecule has 0 aliphatic heterocycles. The molecular weight excluding hydrogens is 298 g/mol. The number of fused-ring (bicyclic) bond motifs is 1. The summed E-state index contributed by atoms with van der Waals surface area (Å²) in [6, 6.07) is 7.05. The van der Waals surface area contributed by atoms with Gasteiger partial charge in [-0.3, -0.25) is 9.36 Å². The molecule has 1 aromatic heterocycles. The van der Waals surface area contributed by atoms with Crippen LogP contribution in [0.5, 0.6) is 0 Å². The Hall–Kier alpha value is -2.56. The first-order valence-corrected chi connectivity index (χ1v) is 7.40. The molecule has 2 aromatic carbocycles. The SMILES string of the molecule is CCc1nc2cc(F)c(C)cc2c(=O)n1-c1ccc(F)cc1C. The fourth-order valence-corrected chi connectivity index (χ4v) is 2.72. The van der Waals surface area contributed by atoms with E-state index in [-0.39, 0.29) is 17.2 Å². The van der Waals surface area contributed by atoms with Gasteiger partial charge in [-0.15, -0.1) is 0 Å². The molecule has 0 saturated carbocycles. The van der Waals surface area contributed by atoms with Crippen LogP contribution in [0.15, 0.2) is 35.1 Å². The predicted octanol–water partition coefficient (Wildman–Crippen LogP) is 3.84. The number of halogens is 2. The van der Waals surface area contributed by atoms with Crippen molar-refractivity contribution in [2.75, 3.05) is 0 Å². The van der Waals surface area contributed by atoms with Crippen molar-refractivity contribution in [1.29, 1.82) is 0 Å². The molecule has 3 aromatic rings. The second-order valence-corrected chi connectivity index (χ2v) is 5.57. The van der Waals surface area contributed by atoms with Crippen molar-refractivity contribution >= 4 is 10.9 Å². The lowest BCUT2D eigenvalue weighted by atomic mass is 10.1. The number of hydrogen-bond donors (Lipinski definition) is 0. The molecule has 1 heterocycles. The van der Waals surface area contributed by atoms with Gasteiger partial charge in [-0.2, -0.15) is 0 Å². The second-order valence-electron chi connectivity index (χ2n) is 5.57. The minimum atomic E-state index is -0.387. The van der Waals surface area contributed by atoms with Crippen LogP contribution in [0.3, 0.4) is 0 Å². The van der Waals surface area contributed by atoms with Gasteiger partial charge in [0.25, 0.3) is 5.56 Å². The third-order valence-corrected chi connectivity index (χ3v) is 3.93. The van der Waals surface area contributed by atoms with Crippen molar-refractivity contribution < 1.29 is 8.78 Å². The maximum absolute atomic E-state index is 13.8. The molecule has 3 rings (SSSR count). The van der Waals surface area contributed by atoms with E-state index in [2.05, 4.69) is 4.98 Å². The summed E-state index contributed by atoms with van der Waals surface area (Å²) in [5.41, 5.74) is 1.69. The predicted molar refractivity (Wildman–Crippen MR) is 86.1 cm³/mol. The summed E-state index contributed by atoms with van der Waals surface area (Å²) >= 11 is 0. The number of aryl methyl sites for hydroxylation is 3. The number of nitrogens with zero attached hydrogens (tertiary/aromatic N) is 2. The Morgan fingerprint density at radius 2 is 1.83 bits per heavy atom. The van der Waals surface area contributed by atoms with Crippen molar-refractivity contribution in [1.82, 2.24) is 9.55 Å². The lowest BCUT2D eigenvalue weighted by Crippen LogP contribution is -2.24. The Morgan fingerprint density at radius 1 is 1.09 bits per heavy atom. The van der Waals surface area contributed by atoms with E-state index in [4.69, 9.17) is 0 Å². The summed E-state index contributed by atoms with van der Waals surface area (Å²) in [7, 11) is 0. The Kier molecular flexibility index (Phi) is 3.72. The summed E-state index contributed by atoms with van der Waals surface area (Å²) in [5.74, 6) is -0.230. The number of rotatable bonds is 2. The lowest BCUT2D eigenvalue weighted by molar-refractivity contribution is 0.619. The topological polar surface area (TPSA) is 34.9 Å². The first kappa shape index (κ1) is 15.3. The van der Waals surface area contributed by atoms with E-state index in [0.717, 1.165) is 0 Å². The average Bonchev–Trinajstić information content (AvgIpc) is 2.50. The highest BCUT2D eigenvalue weighted by atomic mass is 19.1. The van der Waals surface area contributed by atoms with Crippen LogP contribution in [0.1, 0.15) is 23.9 Å². The van der Waals surface area contributed by atoms with Crippen molar-refractivity contribution in [2.45, 2.75) is 27.2 Å². The highest BCUT2D eigenvalue weighted by molar-refractivity contribution is 5.79. The number of benzene rings is 2. The number of aromatic nitrogens is 2. The van der Waals surface area contributed by atoms with E-state index >= 15 is 0 Å². The third kappa shape index (κ3) is 2.52. The van der Waals surface area contributed by atoms with Crippen LogP contribution in [0.2, 0.25) is 0 Å². The van der Waals surface area contributed by atoms with E-state index in [1.54, 1.807) is 19.9 Å². The minimum absolute atomic E-state index is 0.273. The number of hydrogen-bond acceptors (Lipinski definition) is 2. The summed E-state index contributed by atoms with van der Waals surface area (Å²) in [6.07, 6.45) is 0.498. The molecule has 0 unspecified atom stereocenters. The molecule has 0 atom stereocenters. The molecule has 0 aliphatic carbocycles. The van der Waals surface area contributed by atoms with Gasteiger partial charge >= 0.3 is 0 Å². The zero-order valence-corrected chi connectivity index (χ0v) is 13.2. The standard InChI is InChI=1S/C18H16F2N2O/c1-4-17-21-15-9-14(20)10(2)8-13(15)18(23)22(17)16-6-5-12(19)7-11(16)3/h5-9H,4H2,1-3H3. The van der Waals surface area contributed by atoms with Gasteiger partial charge in [-0.25, -0.2) is 13.8 Å². The summed E-state index contributed by atoms with van der Waals surface area (Å²) in [4.78, 5) is 17.3. The van der Waals surface area contributed by atoms with Crippen LogP contribution in [0.25, 0.3) is 16.6 Å². The van der Waals surface area contributed by atoms with Crippen molar-refractivity contribution in [2.24, 2.45) is 0 Å².